The molecule has 182 valence electrons. The molecule has 1 rings (SSSR count). The topological polar surface area (TPSA) is 35.5 Å². The second-order valence-electron chi connectivity index (χ2n) is 9.69. The van der Waals surface area contributed by atoms with E-state index in [1.54, 1.807) is 0 Å². The van der Waals surface area contributed by atoms with Gasteiger partial charge in [-0.25, -0.2) is 0 Å². The van der Waals surface area contributed by atoms with Gasteiger partial charge in [-0.1, -0.05) is 70.9 Å². The molecule has 3 nitrogen and oxygen atoms in total. The van der Waals surface area contributed by atoms with E-state index >= 15 is 0 Å². The molecule has 0 amide bonds. The lowest BCUT2D eigenvalue weighted by molar-refractivity contribution is -0.131. The summed E-state index contributed by atoms with van der Waals surface area (Å²) in [7, 11) is -1.94. The van der Waals surface area contributed by atoms with Crippen molar-refractivity contribution < 1.29 is 14.0 Å². The molecule has 0 aliphatic rings. The summed E-state index contributed by atoms with van der Waals surface area (Å²) >= 11 is 0. The van der Waals surface area contributed by atoms with E-state index < -0.39 is 8.32 Å². The van der Waals surface area contributed by atoms with Gasteiger partial charge in [-0.15, -0.1) is 0 Å². The Hall–Kier alpha value is -1.55. The summed E-state index contributed by atoms with van der Waals surface area (Å²) in [6.45, 7) is 18.9. The van der Waals surface area contributed by atoms with Gasteiger partial charge in [0, 0.05) is 12.5 Å². The van der Waals surface area contributed by atoms with Crippen LogP contribution in [0.15, 0.2) is 11.6 Å². The van der Waals surface area contributed by atoms with Crippen LogP contribution in [0.3, 0.4) is 0 Å². The van der Waals surface area contributed by atoms with Crippen molar-refractivity contribution in [2.45, 2.75) is 125 Å². The number of benzene rings is 1. The van der Waals surface area contributed by atoms with Crippen molar-refractivity contribution in [2.75, 3.05) is 0 Å². The Bertz CT molecular complexity index is 754. The van der Waals surface area contributed by atoms with E-state index in [0.29, 0.717) is 5.75 Å². The number of esters is 1. The molecule has 0 radical (unpaired) electrons. The monoisotopic (exact) mass is 460 g/mol. The number of carbonyl (C=O) groups excluding carboxylic acids is 1. The maximum absolute atomic E-state index is 11.8. The van der Waals surface area contributed by atoms with E-state index in [0.717, 1.165) is 28.9 Å². The summed E-state index contributed by atoms with van der Waals surface area (Å²) in [5.74, 6) is 1.51. The van der Waals surface area contributed by atoms with Gasteiger partial charge in [-0.3, -0.25) is 4.79 Å². The Morgan fingerprint density at radius 1 is 0.781 bits per heavy atom. The standard InChI is InChI=1S/C28H48O3Si/c1-10-13-18-32(19-14-11-2,20-15-12-3)31-28-23(7)22(6)27(30-25(9)29)24(8)26(28)17-16-21(4)5/h16H,10-15,17-20H2,1-9H3. The van der Waals surface area contributed by atoms with E-state index in [4.69, 9.17) is 9.16 Å². The third-order valence-corrected chi connectivity index (χ3v) is 11.0. The van der Waals surface area contributed by atoms with Crippen LogP contribution in [0.2, 0.25) is 18.1 Å². The van der Waals surface area contributed by atoms with Gasteiger partial charge in [-0.2, -0.15) is 0 Å². The number of hydrogen-bond acceptors (Lipinski definition) is 3. The van der Waals surface area contributed by atoms with Crippen LogP contribution in [0, 0.1) is 20.8 Å². The zero-order valence-corrected chi connectivity index (χ0v) is 23.4. The van der Waals surface area contributed by atoms with Crippen LogP contribution >= 0.6 is 0 Å². The van der Waals surface area contributed by atoms with Crippen LogP contribution in [0.1, 0.15) is 102 Å². The minimum atomic E-state index is -1.94. The number of allylic oxidation sites excluding steroid dienone is 2. The number of rotatable bonds is 14. The lowest BCUT2D eigenvalue weighted by Crippen LogP contribution is -2.42. The predicted octanol–water partition coefficient (Wildman–Crippen LogP) is 8.77. The molecule has 0 unspecified atom stereocenters. The molecular formula is C28H48O3Si. The van der Waals surface area contributed by atoms with Crippen molar-refractivity contribution in [3.8, 4) is 11.5 Å². The minimum absolute atomic E-state index is 0.269. The van der Waals surface area contributed by atoms with Crippen LogP contribution in [0.5, 0.6) is 11.5 Å². The van der Waals surface area contributed by atoms with Crippen molar-refractivity contribution in [3.63, 3.8) is 0 Å². The molecule has 0 aliphatic heterocycles. The molecule has 4 heteroatoms. The molecule has 0 aromatic heterocycles. The average Bonchev–Trinajstić information content (AvgIpc) is 2.75. The van der Waals surface area contributed by atoms with Gasteiger partial charge in [0.2, 0.25) is 0 Å². The number of unbranched alkanes of at least 4 members (excludes halogenated alkanes) is 3. The van der Waals surface area contributed by atoms with Crippen LogP contribution in [0.4, 0.5) is 0 Å². The van der Waals surface area contributed by atoms with Gasteiger partial charge in [-0.05, 0) is 75.9 Å². The first-order chi connectivity index (χ1) is 15.1. The van der Waals surface area contributed by atoms with E-state index in [1.807, 2.05) is 0 Å². The quantitative estimate of drug-likeness (QED) is 0.120. The molecule has 0 saturated carbocycles. The van der Waals surface area contributed by atoms with E-state index in [-0.39, 0.29) is 5.97 Å². The molecule has 0 fully saturated rings. The minimum Gasteiger partial charge on any atom is -0.543 e. The molecule has 0 aliphatic carbocycles. The van der Waals surface area contributed by atoms with Crippen LogP contribution in [-0.4, -0.2) is 14.3 Å². The smallest absolute Gasteiger partial charge is 0.308 e. The summed E-state index contributed by atoms with van der Waals surface area (Å²) in [4.78, 5) is 11.8. The highest BCUT2D eigenvalue weighted by molar-refractivity contribution is 6.74. The van der Waals surface area contributed by atoms with Crippen molar-refractivity contribution in [2.24, 2.45) is 0 Å². The van der Waals surface area contributed by atoms with E-state index in [1.165, 1.54) is 74.7 Å². The number of ether oxygens (including phenoxy) is 1. The fourth-order valence-electron chi connectivity index (χ4n) is 4.38. The van der Waals surface area contributed by atoms with E-state index in [2.05, 4.69) is 61.5 Å². The van der Waals surface area contributed by atoms with Crippen LogP contribution in [-0.2, 0) is 11.2 Å². The Labute approximate surface area is 199 Å². The Balaban J connectivity index is 3.67. The first-order valence-electron chi connectivity index (χ1n) is 12.8. The first kappa shape index (κ1) is 28.5. The van der Waals surface area contributed by atoms with Gasteiger partial charge in [0.1, 0.15) is 11.5 Å². The molecule has 32 heavy (non-hydrogen) atoms. The lowest BCUT2D eigenvalue weighted by Gasteiger charge is -2.35. The van der Waals surface area contributed by atoms with Crippen molar-refractivity contribution >= 4 is 14.3 Å². The molecular weight excluding hydrogens is 412 g/mol. The molecule has 0 bridgehead atoms. The van der Waals surface area contributed by atoms with Crippen LogP contribution < -0.4 is 9.16 Å². The lowest BCUT2D eigenvalue weighted by atomic mass is 9.95. The van der Waals surface area contributed by atoms with Gasteiger partial charge in [0.25, 0.3) is 8.32 Å². The zero-order chi connectivity index (χ0) is 24.3. The summed E-state index contributed by atoms with van der Waals surface area (Å²) in [5.41, 5.74) is 5.67. The predicted molar refractivity (Wildman–Crippen MR) is 141 cm³/mol. The summed E-state index contributed by atoms with van der Waals surface area (Å²) in [6.07, 6.45) is 10.4. The molecule has 0 atom stereocenters. The van der Waals surface area contributed by atoms with E-state index in [9.17, 15) is 4.79 Å². The van der Waals surface area contributed by atoms with Gasteiger partial charge in [0.15, 0.2) is 0 Å². The summed E-state index contributed by atoms with van der Waals surface area (Å²) in [6, 6.07) is 3.69. The van der Waals surface area contributed by atoms with Crippen molar-refractivity contribution in [1.29, 1.82) is 0 Å². The molecule has 0 N–H and O–H groups in total. The molecule has 0 spiro atoms. The Morgan fingerprint density at radius 3 is 1.66 bits per heavy atom. The molecule has 1 aromatic rings. The fraction of sp³-hybridized carbons (Fsp3) is 0.679. The maximum Gasteiger partial charge on any atom is 0.308 e. The van der Waals surface area contributed by atoms with Gasteiger partial charge < -0.3 is 9.16 Å². The third-order valence-electron chi connectivity index (χ3n) is 6.55. The van der Waals surface area contributed by atoms with Gasteiger partial charge in [0.05, 0.1) is 0 Å². The Kier molecular flexibility index (Phi) is 12.3. The Morgan fingerprint density at radius 2 is 1.25 bits per heavy atom. The zero-order valence-electron chi connectivity index (χ0n) is 22.4. The summed E-state index contributed by atoms with van der Waals surface area (Å²) < 4.78 is 13.0. The largest absolute Gasteiger partial charge is 0.543 e. The first-order valence-corrected chi connectivity index (χ1v) is 15.3. The van der Waals surface area contributed by atoms with Crippen molar-refractivity contribution in [3.05, 3.63) is 33.9 Å². The second kappa shape index (κ2) is 13.9. The van der Waals surface area contributed by atoms with Crippen molar-refractivity contribution in [1.82, 2.24) is 0 Å². The average molecular weight is 461 g/mol. The highest BCUT2D eigenvalue weighted by Gasteiger charge is 2.37. The third kappa shape index (κ3) is 8.10. The van der Waals surface area contributed by atoms with Crippen LogP contribution in [0.25, 0.3) is 0 Å². The maximum atomic E-state index is 11.8. The normalized spacial score (nSPS) is 11.4. The highest BCUT2D eigenvalue weighted by Crippen LogP contribution is 2.42. The SMILES string of the molecule is CCCC[Si](CCCC)(CCCC)Oc1c(C)c(C)c(OC(C)=O)c(C)c1CC=C(C)C. The fourth-order valence-corrected chi connectivity index (χ4v) is 9.14. The van der Waals surface area contributed by atoms with Gasteiger partial charge >= 0.3 is 5.97 Å². The molecule has 0 saturated heterocycles. The molecule has 0 heterocycles. The number of hydrogen-bond donors (Lipinski definition) is 0. The number of carbonyl (C=O) groups is 1. The summed E-state index contributed by atoms with van der Waals surface area (Å²) in [5, 5.41) is 0. The second-order valence-corrected chi connectivity index (χ2v) is 13.8. The molecule has 1 aromatic carbocycles. The highest BCUT2D eigenvalue weighted by atomic mass is 28.4.